The van der Waals surface area contributed by atoms with E-state index in [2.05, 4.69) is 13.8 Å². The van der Waals surface area contributed by atoms with E-state index in [0.29, 0.717) is 0 Å². The van der Waals surface area contributed by atoms with Gasteiger partial charge in [-0.2, -0.15) is 0 Å². The van der Waals surface area contributed by atoms with Gasteiger partial charge in [0.1, 0.15) is 0 Å². The molecule has 2 fully saturated rings. The Hall–Kier alpha value is 0. The van der Waals surface area contributed by atoms with Crippen molar-refractivity contribution in [2.24, 2.45) is 23.7 Å². The first-order valence-corrected chi connectivity index (χ1v) is 8.83. The average molecular weight is 250 g/mol. The first kappa shape index (κ1) is 14.4. The van der Waals surface area contributed by atoms with E-state index in [4.69, 9.17) is 0 Å². The fourth-order valence-electron chi connectivity index (χ4n) is 4.71. The minimum atomic E-state index is 1.09. The maximum Gasteiger partial charge on any atom is -0.0386 e. The minimum absolute atomic E-state index is 1.09. The quantitative estimate of drug-likeness (QED) is 0.545. The molecule has 0 aliphatic heterocycles. The molecule has 0 bridgehead atoms. The summed E-state index contributed by atoms with van der Waals surface area (Å²) < 4.78 is 0. The predicted molar refractivity (Wildman–Crippen MR) is 80.7 cm³/mol. The van der Waals surface area contributed by atoms with Gasteiger partial charge < -0.3 is 0 Å². The summed E-state index contributed by atoms with van der Waals surface area (Å²) in [6.45, 7) is 4.70. The summed E-state index contributed by atoms with van der Waals surface area (Å²) in [6.07, 6.45) is 18.2. The van der Waals surface area contributed by atoms with E-state index in [9.17, 15) is 0 Å². The van der Waals surface area contributed by atoms with Crippen molar-refractivity contribution in [3.63, 3.8) is 0 Å². The highest BCUT2D eigenvalue weighted by Gasteiger charge is 2.30. The Labute approximate surface area is 115 Å². The lowest BCUT2D eigenvalue weighted by Crippen LogP contribution is -2.25. The Morgan fingerprint density at radius 1 is 0.556 bits per heavy atom. The van der Waals surface area contributed by atoms with Crippen LogP contribution in [0.1, 0.15) is 90.9 Å². The van der Waals surface area contributed by atoms with Crippen molar-refractivity contribution in [1.82, 2.24) is 0 Å². The summed E-state index contributed by atoms with van der Waals surface area (Å²) >= 11 is 0. The molecule has 0 nitrogen and oxygen atoms in total. The molecule has 18 heavy (non-hydrogen) atoms. The van der Waals surface area contributed by atoms with Gasteiger partial charge >= 0.3 is 0 Å². The van der Waals surface area contributed by atoms with Crippen molar-refractivity contribution >= 4 is 0 Å². The third-order valence-electron chi connectivity index (χ3n) is 5.84. The third kappa shape index (κ3) is 4.00. The second-order valence-electron chi connectivity index (χ2n) is 7.14. The molecule has 0 saturated heterocycles. The second-order valence-corrected chi connectivity index (χ2v) is 7.14. The van der Waals surface area contributed by atoms with Gasteiger partial charge in [-0.1, -0.05) is 65.2 Å². The summed E-state index contributed by atoms with van der Waals surface area (Å²) in [7, 11) is 0. The second kappa shape index (κ2) is 7.56. The van der Waals surface area contributed by atoms with Gasteiger partial charge in [0.25, 0.3) is 0 Å². The van der Waals surface area contributed by atoms with Crippen LogP contribution < -0.4 is 0 Å². The van der Waals surface area contributed by atoms with Crippen LogP contribution in [-0.4, -0.2) is 0 Å². The molecule has 0 spiro atoms. The van der Waals surface area contributed by atoms with Crippen LogP contribution in [0.25, 0.3) is 0 Å². The number of rotatable bonds is 5. The van der Waals surface area contributed by atoms with Crippen molar-refractivity contribution in [2.45, 2.75) is 90.9 Å². The molecule has 0 unspecified atom stereocenters. The molecule has 0 radical (unpaired) electrons. The highest BCUT2D eigenvalue weighted by atomic mass is 14.4. The summed E-state index contributed by atoms with van der Waals surface area (Å²) in [6, 6.07) is 0. The monoisotopic (exact) mass is 250 g/mol. The maximum atomic E-state index is 2.35. The molecule has 0 atom stereocenters. The number of hydrogen-bond donors (Lipinski definition) is 0. The SMILES string of the molecule is CCC[C@H]1CC[C@H]([C@H]2CC[C@H](CCC)CC2)CC1. The highest BCUT2D eigenvalue weighted by Crippen LogP contribution is 2.42. The van der Waals surface area contributed by atoms with E-state index in [1.54, 1.807) is 51.4 Å². The summed E-state index contributed by atoms with van der Waals surface area (Å²) in [5, 5.41) is 0. The molecular formula is C18H34. The van der Waals surface area contributed by atoms with Crippen molar-refractivity contribution in [3.8, 4) is 0 Å². The van der Waals surface area contributed by atoms with Crippen LogP contribution in [-0.2, 0) is 0 Å². The molecule has 0 aromatic carbocycles. The molecule has 2 rings (SSSR count). The molecule has 0 amide bonds. The third-order valence-corrected chi connectivity index (χ3v) is 5.84. The van der Waals surface area contributed by atoms with Crippen LogP contribution in [0.3, 0.4) is 0 Å². The molecule has 0 heterocycles. The molecule has 0 aromatic heterocycles. The summed E-state index contributed by atoms with van der Waals surface area (Å²) in [5.74, 6) is 4.40. The summed E-state index contributed by atoms with van der Waals surface area (Å²) in [5.41, 5.74) is 0. The predicted octanol–water partition coefficient (Wildman–Crippen LogP) is 6.20. The fraction of sp³-hybridized carbons (Fsp3) is 1.00. The van der Waals surface area contributed by atoms with E-state index in [1.165, 1.54) is 25.7 Å². The first-order valence-electron chi connectivity index (χ1n) is 8.83. The lowest BCUT2D eigenvalue weighted by atomic mass is 9.68. The van der Waals surface area contributed by atoms with Crippen molar-refractivity contribution in [2.75, 3.05) is 0 Å². The van der Waals surface area contributed by atoms with Crippen LogP contribution in [0, 0.1) is 23.7 Å². The molecular weight excluding hydrogens is 216 g/mol. The topological polar surface area (TPSA) is 0 Å². The largest absolute Gasteiger partial charge is 0.0654 e. The Morgan fingerprint density at radius 2 is 0.889 bits per heavy atom. The van der Waals surface area contributed by atoms with Crippen molar-refractivity contribution < 1.29 is 0 Å². The van der Waals surface area contributed by atoms with Crippen LogP contribution in [0.2, 0.25) is 0 Å². The first-order chi connectivity index (χ1) is 8.83. The van der Waals surface area contributed by atoms with E-state index >= 15 is 0 Å². The van der Waals surface area contributed by atoms with Gasteiger partial charge in [-0.3, -0.25) is 0 Å². The van der Waals surface area contributed by atoms with Crippen molar-refractivity contribution in [1.29, 1.82) is 0 Å². The Morgan fingerprint density at radius 3 is 1.17 bits per heavy atom. The van der Waals surface area contributed by atoms with Gasteiger partial charge in [-0.05, 0) is 49.4 Å². The van der Waals surface area contributed by atoms with Crippen LogP contribution in [0.15, 0.2) is 0 Å². The highest BCUT2D eigenvalue weighted by molar-refractivity contribution is 4.81. The van der Waals surface area contributed by atoms with Crippen LogP contribution in [0.5, 0.6) is 0 Å². The van der Waals surface area contributed by atoms with Gasteiger partial charge in [0.05, 0.1) is 0 Å². The van der Waals surface area contributed by atoms with E-state index in [-0.39, 0.29) is 0 Å². The lowest BCUT2D eigenvalue weighted by Gasteiger charge is -2.38. The Kier molecular flexibility index (Phi) is 6.05. The molecule has 0 N–H and O–H groups in total. The Bertz CT molecular complexity index is 180. The van der Waals surface area contributed by atoms with E-state index in [1.807, 2.05) is 0 Å². The Balaban J connectivity index is 1.68. The number of hydrogen-bond acceptors (Lipinski definition) is 0. The smallest absolute Gasteiger partial charge is 0.0386 e. The van der Waals surface area contributed by atoms with Crippen LogP contribution in [0.4, 0.5) is 0 Å². The van der Waals surface area contributed by atoms with Gasteiger partial charge in [0, 0.05) is 0 Å². The van der Waals surface area contributed by atoms with Gasteiger partial charge in [-0.15, -0.1) is 0 Å². The van der Waals surface area contributed by atoms with Gasteiger partial charge in [0.2, 0.25) is 0 Å². The maximum absolute atomic E-state index is 2.35. The van der Waals surface area contributed by atoms with E-state index in [0.717, 1.165) is 23.7 Å². The van der Waals surface area contributed by atoms with Gasteiger partial charge in [0.15, 0.2) is 0 Å². The molecule has 0 heteroatoms. The molecule has 2 saturated carbocycles. The molecule has 2 aliphatic carbocycles. The lowest BCUT2D eigenvalue weighted by molar-refractivity contribution is 0.141. The van der Waals surface area contributed by atoms with Crippen molar-refractivity contribution in [3.05, 3.63) is 0 Å². The fourth-order valence-corrected chi connectivity index (χ4v) is 4.71. The average Bonchev–Trinajstić information content (AvgIpc) is 2.41. The zero-order valence-corrected chi connectivity index (χ0v) is 12.8. The molecule has 0 aromatic rings. The zero-order chi connectivity index (χ0) is 12.8. The van der Waals surface area contributed by atoms with E-state index < -0.39 is 0 Å². The standard InChI is InChI=1S/C18H34/c1-3-5-15-7-11-17(12-8-15)18-13-9-16(6-4-2)10-14-18/h15-18H,3-14H2,1-2H3/t15-,16-,17-,18-. The molecule has 2 aliphatic rings. The summed E-state index contributed by atoms with van der Waals surface area (Å²) in [4.78, 5) is 0. The molecule has 106 valence electrons. The minimum Gasteiger partial charge on any atom is -0.0654 e. The zero-order valence-electron chi connectivity index (χ0n) is 12.8. The van der Waals surface area contributed by atoms with Gasteiger partial charge in [-0.25, -0.2) is 0 Å². The normalized spacial score (nSPS) is 37.7. The van der Waals surface area contributed by atoms with Crippen LogP contribution >= 0.6 is 0 Å².